The van der Waals surface area contributed by atoms with Crippen molar-refractivity contribution < 1.29 is 14.1 Å². The molecular weight excluding hydrogens is 270 g/mol. The van der Waals surface area contributed by atoms with Gasteiger partial charge < -0.3 is 14.7 Å². The van der Waals surface area contributed by atoms with Crippen molar-refractivity contribution in [3.8, 4) is 0 Å². The lowest BCUT2D eigenvalue weighted by Gasteiger charge is -2.31. The van der Waals surface area contributed by atoms with Gasteiger partial charge in [0.05, 0.1) is 5.92 Å². The van der Waals surface area contributed by atoms with Gasteiger partial charge in [0.2, 0.25) is 11.8 Å². The highest BCUT2D eigenvalue weighted by atomic mass is 16.5. The summed E-state index contributed by atoms with van der Waals surface area (Å²) in [5.41, 5.74) is 0. The van der Waals surface area contributed by atoms with Crippen molar-refractivity contribution in [2.24, 2.45) is 5.92 Å². The largest absolute Gasteiger partial charge is 0.360 e. The van der Waals surface area contributed by atoms with Crippen LogP contribution < -0.4 is 5.32 Å². The van der Waals surface area contributed by atoms with E-state index in [1.165, 1.54) is 19.3 Å². The second kappa shape index (κ2) is 5.87. The molecule has 2 amide bonds. The fourth-order valence-corrected chi connectivity index (χ4v) is 3.31. The average Bonchev–Trinajstić information content (AvgIpc) is 3.06. The first kappa shape index (κ1) is 14.1. The summed E-state index contributed by atoms with van der Waals surface area (Å²) in [6.45, 7) is 2.30. The second-order valence-corrected chi connectivity index (χ2v) is 6.05. The molecule has 6 heteroatoms. The number of aryl methyl sites for hydroxylation is 1. The molecule has 1 aromatic rings. The molecule has 0 aromatic carbocycles. The summed E-state index contributed by atoms with van der Waals surface area (Å²) >= 11 is 0. The molecule has 1 aliphatic heterocycles. The Kier molecular flexibility index (Phi) is 3.94. The Labute approximate surface area is 123 Å². The van der Waals surface area contributed by atoms with Gasteiger partial charge in [0.1, 0.15) is 5.76 Å². The zero-order valence-electron chi connectivity index (χ0n) is 12.3. The molecule has 1 saturated carbocycles. The zero-order chi connectivity index (χ0) is 14.8. The van der Waals surface area contributed by atoms with Gasteiger partial charge in [-0.3, -0.25) is 9.59 Å². The van der Waals surface area contributed by atoms with Crippen molar-refractivity contribution in [1.29, 1.82) is 0 Å². The topological polar surface area (TPSA) is 75.4 Å². The highest BCUT2D eigenvalue weighted by Crippen LogP contribution is 2.29. The molecule has 114 valence electrons. The van der Waals surface area contributed by atoms with Crippen LogP contribution in [0, 0.1) is 12.8 Å². The average molecular weight is 291 g/mol. The third kappa shape index (κ3) is 3.09. The quantitative estimate of drug-likeness (QED) is 0.925. The van der Waals surface area contributed by atoms with Crippen molar-refractivity contribution in [1.82, 2.24) is 10.1 Å². The Bertz CT molecular complexity index is 534. The molecule has 0 radical (unpaired) electrons. The minimum atomic E-state index is -0.281. The Morgan fingerprint density at radius 1 is 1.38 bits per heavy atom. The maximum absolute atomic E-state index is 12.2. The number of amides is 2. The number of nitrogens with zero attached hydrogens (tertiary/aromatic N) is 2. The van der Waals surface area contributed by atoms with E-state index in [4.69, 9.17) is 4.52 Å². The standard InChI is InChI=1S/C15H21N3O3/c1-10-7-13(17-21-10)16-15(20)11-8-14(19)18(9-11)12-5-3-2-4-6-12/h7,11-12H,2-6,8-9H2,1H3,(H,16,17,20)/t11-/m1/s1. The first-order chi connectivity index (χ1) is 10.1. The number of anilines is 1. The summed E-state index contributed by atoms with van der Waals surface area (Å²) in [5.74, 6) is 0.752. The molecule has 1 aromatic heterocycles. The molecule has 1 saturated heterocycles. The molecule has 2 fully saturated rings. The van der Waals surface area contributed by atoms with Gasteiger partial charge in [0.25, 0.3) is 0 Å². The number of nitrogens with one attached hydrogen (secondary N) is 1. The number of hydrogen-bond acceptors (Lipinski definition) is 4. The minimum Gasteiger partial charge on any atom is -0.360 e. The Morgan fingerprint density at radius 3 is 2.81 bits per heavy atom. The molecule has 6 nitrogen and oxygen atoms in total. The van der Waals surface area contributed by atoms with Gasteiger partial charge in [-0.05, 0) is 19.8 Å². The van der Waals surface area contributed by atoms with E-state index in [9.17, 15) is 9.59 Å². The van der Waals surface area contributed by atoms with Crippen molar-refractivity contribution in [3.05, 3.63) is 11.8 Å². The Hall–Kier alpha value is -1.85. The predicted octanol–water partition coefficient (Wildman–Crippen LogP) is 2.10. The summed E-state index contributed by atoms with van der Waals surface area (Å²) in [7, 11) is 0. The molecule has 0 unspecified atom stereocenters. The molecule has 1 aliphatic carbocycles. The van der Waals surface area contributed by atoms with Crippen molar-refractivity contribution in [3.63, 3.8) is 0 Å². The number of rotatable bonds is 3. The summed E-state index contributed by atoms with van der Waals surface area (Å²) in [5, 5.41) is 6.48. The molecule has 2 heterocycles. The first-order valence-corrected chi connectivity index (χ1v) is 7.67. The van der Waals surface area contributed by atoms with Gasteiger partial charge in [-0.1, -0.05) is 24.4 Å². The van der Waals surface area contributed by atoms with Crippen LogP contribution in [0.2, 0.25) is 0 Å². The number of likely N-dealkylation sites (tertiary alicyclic amines) is 1. The lowest BCUT2D eigenvalue weighted by atomic mass is 9.94. The smallest absolute Gasteiger partial charge is 0.231 e. The lowest BCUT2D eigenvalue weighted by Crippen LogP contribution is -2.38. The number of hydrogen-bond donors (Lipinski definition) is 1. The van der Waals surface area contributed by atoms with Gasteiger partial charge in [-0.25, -0.2) is 0 Å². The fourth-order valence-electron chi connectivity index (χ4n) is 3.31. The van der Waals surface area contributed by atoms with Gasteiger partial charge in [-0.2, -0.15) is 0 Å². The molecular formula is C15H21N3O3. The van der Waals surface area contributed by atoms with Crippen LogP contribution in [-0.4, -0.2) is 34.5 Å². The lowest BCUT2D eigenvalue weighted by molar-refractivity contribution is -0.130. The van der Waals surface area contributed by atoms with Crippen LogP contribution in [0.4, 0.5) is 5.82 Å². The van der Waals surface area contributed by atoms with Gasteiger partial charge in [0.15, 0.2) is 5.82 Å². The molecule has 0 bridgehead atoms. The van der Waals surface area contributed by atoms with E-state index < -0.39 is 0 Å². The van der Waals surface area contributed by atoms with E-state index in [1.54, 1.807) is 13.0 Å². The zero-order valence-corrected chi connectivity index (χ0v) is 12.3. The van der Waals surface area contributed by atoms with Crippen LogP contribution >= 0.6 is 0 Å². The van der Waals surface area contributed by atoms with Gasteiger partial charge >= 0.3 is 0 Å². The molecule has 21 heavy (non-hydrogen) atoms. The van der Waals surface area contributed by atoms with Crippen LogP contribution in [0.25, 0.3) is 0 Å². The number of carbonyl (C=O) groups is 2. The summed E-state index contributed by atoms with van der Waals surface area (Å²) in [6.07, 6.45) is 6.07. The summed E-state index contributed by atoms with van der Waals surface area (Å²) in [4.78, 5) is 26.3. The van der Waals surface area contributed by atoms with Crippen LogP contribution in [0.1, 0.15) is 44.3 Å². The summed E-state index contributed by atoms with van der Waals surface area (Å²) in [6, 6.07) is 2.01. The van der Waals surface area contributed by atoms with E-state index in [0.29, 0.717) is 30.6 Å². The normalized spacial score (nSPS) is 23.6. The third-order valence-electron chi connectivity index (χ3n) is 4.42. The van der Waals surface area contributed by atoms with Crippen LogP contribution in [0.5, 0.6) is 0 Å². The van der Waals surface area contributed by atoms with Crippen LogP contribution in [0.15, 0.2) is 10.6 Å². The maximum Gasteiger partial charge on any atom is 0.231 e. The molecule has 2 aliphatic rings. The molecule has 1 atom stereocenters. The van der Waals surface area contributed by atoms with Crippen LogP contribution in [-0.2, 0) is 9.59 Å². The molecule has 1 N–H and O–H groups in total. The second-order valence-electron chi connectivity index (χ2n) is 6.05. The Balaban J connectivity index is 1.59. The predicted molar refractivity (Wildman–Crippen MR) is 76.6 cm³/mol. The highest BCUT2D eigenvalue weighted by molar-refractivity contribution is 5.96. The SMILES string of the molecule is Cc1cc(NC(=O)[C@@H]2CC(=O)N(C3CCCCC3)C2)no1. The van der Waals surface area contributed by atoms with Crippen molar-refractivity contribution >= 4 is 17.6 Å². The monoisotopic (exact) mass is 291 g/mol. The Morgan fingerprint density at radius 2 is 2.14 bits per heavy atom. The van der Waals surface area contributed by atoms with E-state index >= 15 is 0 Å². The highest BCUT2D eigenvalue weighted by Gasteiger charge is 2.38. The molecule has 0 spiro atoms. The van der Waals surface area contributed by atoms with Crippen molar-refractivity contribution in [2.45, 2.75) is 51.5 Å². The number of aromatic nitrogens is 1. The molecule has 3 rings (SSSR count). The van der Waals surface area contributed by atoms with E-state index in [0.717, 1.165) is 12.8 Å². The van der Waals surface area contributed by atoms with E-state index in [1.807, 2.05) is 4.90 Å². The maximum atomic E-state index is 12.2. The summed E-state index contributed by atoms with van der Waals surface area (Å²) < 4.78 is 4.92. The third-order valence-corrected chi connectivity index (χ3v) is 4.42. The first-order valence-electron chi connectivity index (χ1n) is 7.67. The van der Waals surface area contributed by atoms with E-state index in [2.05, 4.69) is 10.5 Å². The number of carbonyl (C=O) groups excluding carboxylic acids is 2. The van der Waals surface area contributed by atoms with Crippen LogP contribution in [0.3, 0.4) is 0 Å². The van der Waals surface area contributed by atoms with E-state index in [-0.39, 0.29) is 17.7 Å². The minimum absolute atomic E-state index is 0.110. The van der Waals surface area contributed by atoms with Gasteiger partial charge in [-0.15, -0.1) is 0 Å². The fraction of sp³-hybridized carbons (Fsp3) is 0.667. The van der Waals surface area contributed by atoms with Crippen molar-refractivity contribution in [2.75, 3.05) is 11.9 Å². The van der Waals surface area contributed by atoms with Gasteiger partial charge in [0, 0.05) is 25.1 Å².